The zero-order chi connectivity index (χ0) is 23.5. The normalized spacial score (nSPS) is 24.6. The maximum absolute atomic E-state index is 9.20. The number of aliphatic hydroxyl groups excluding tert-OH is 4. The Bertz CT molecular complexity index is 559. The number of hydrogen-bond donors (Lipinski definition) is 4. The highest BCUT2D eigenvalue weighted by Crippen LogP contribution is 2.09. The molecule has 0 aliphatic carbocycles. The standard InChI is InChI=1S/2C8H13NO.C7H11NO.CH4O/c1-2-5-9-6-3-8(10)4-7-9;1-2-5-9-6-3-4-8(10)7-9;1-2-4-8-5-3-7(9)6-8;1-2/h2*1,8,10H,3-7H2;1,7,9H,3-6H2;2H,1H3. The van der Waals surface area contributed by atoms with Crippen molar-refractivity contribution in [3.63, 3.8) is 0 Å². The maximum Gasteiger partial charge on any atom is 0.0679 e. The molecule has 3 aliphatic heterocycles. The average molecular weight is 436 g/mol. The third-order valence-corrected chi connectivity index (χ3v) is 5.23. The van der Waals surface area contributed by atoms with E-state index in [0.29, 0.717) is 13.1 Å². The Morgan fingerprint density at radius 2 is 1.00 bits per heavy atom. The van der Waals surface area contributed by atoms with Crippen LogP contribution in [0.15, 0.2) is 0 Å². The molecule has 7 heteroatoms. The molecular formula is C24H41N3O4. The molecule has 0 aromatic heterocycles. The van der Waals surface area contributed by atoms with E-state index in [2.05, 4.69) is 32.5 Å². The van der Waals surface area contributed by atoms with Gasteiger partial charge in [-0.25, -0.2) is 0 Å². The lowest BCUT2D eigenvalue weighted by Gasteiger charge is -2.27. The first-order chi connectivity index (χ1) is 15.0. The molecule has 0 radical (unpaired) electrons. The lowest BCUT2D eigenvalue weighted by molar-refractivity contribution is 0.0781. The Morgan fingerprint density at radius 1 is 0.613 bits per heavy atom. The molecule has 0 amide bonds. The molecule has 0 saturated carbocycles. The van der Waals surface area contributed by atoms with Gasteiger partial charge in [-0.05, 0) is 38.6 Å². The molecule has 0 spiro atoms. The first-order valence-electron chi connectivity index (χ1n) is 10.9. The second-order valence-electron chi connectivity index (χ2n) is 7.83. The number of β-amino-alcohol motifs (C(OH)–C–C–N with tert-alkyl or cyclic N) is 2. The summed E-state index contributed by atoms with van der Waals surface area (Å²) in [5, 5.41) is 34.3. The minimum Gasteiger partial charge on any atom is -0.400 e. The molecule has 3 fully saturated rings. The molecule has 3 rings (SSSR count). The summed E-state index contributed by atoms with van der Waals surface area (Å²) >= 11 is 0. The molecular weight excluding hydrogens is 394 g/mol. The van der Waals surface area contributed by atoms with Crippen molar-refractivity contribution in [2.75, 3.05) is 66.0 Å². The Morgan fingerprint density at radius 3 is 1.42 bits per heavy atom. The van der Waals surface area contributed by atoms with Crippen LogP contribution in [0.5, 0.6) is 0 Å². The maximum atomic E-state index is 9.20. The highest BCUT2D eigenvalue weighted by Gasteiger charge is 2.18. The summed E-state index contributed by atoms with van der Waals surface area (Å²) in [6.07, 6.45) is 19.6. The summed E-state index contributed by atoms with van der Waals surface area (Å²) in [5.74, 6) is 7.71. The molecule has 3 saturated heterocycles. The monoisotopic (exact) mass is 435 g/mol. The fraction of sp³-hybridized carbons (Fsp3) is 0.750. The number of terminal acetylenes is 3. The highest BCUT2D eigenvalue weighted by molar-refractivity contribution is 4.91. The van der Waals surface area contributed by atoms with Crippen LogP contribution in [0, 0.1) is 37.0 Å². The predicted octanol–water partition coefficient (Wildman–Crippen LogP) is -0.553. The van der Waals surface area contributed by atoms with E-state index in [-0.39, 0.29) is 18.3 Å². The molecule has 31 heavy (non-hydrogen) atoms. The van der Waals surface area contributed by atoms with Crippen LogP contribution in [-0.4, -0.2) is 119 Å². The number of nitrogens with zero attached hydrogens (tertiary/aromatic N) is 3. The van der Waals surface area contributed by atoms with Crippen molar-refractivity contribution in [1.82, 2.24) is 14.7 Å². The van der Waals surface area contributed by atoms with Gasteiger partial charge in [0.15, 0.2) is 0 Å². The predicted molar refractivity (Wildman–Crippen MR) is 125 cm³/mol. The molecule has 2 atom stereocenters. The number of piperidine rings is 2. The van der Waals surface area contributed by atoms with Crippen molar-refractivity contribution in [3.8, 4) is 37.0 Å². The fourth-order valence-electron chi connectivity index (χ4n) is 3.60. The van der Waals surface area contributed by atoms with Gasteiger partial charge in [0.1, 0.15) is 0 Å². The van der Waals surface area contributed by atoms with Crippen molar-refractivity contribution in [3.05, 3.63) is 0 Å². The van der Waals surface area contributed by atoms with Gasteiger partial charge in [0.05, 0.1) is 37.9 Å². The van der Waals surface area contributed by atoms with Crippen molar-refractivity contribution in [2.45, 2.75) is 50.4 Å². The Balaban J connectivity index is 0.000000419. The Kier molecular flexibility index (Phi) is 18.1. The lowest BCUT2D eigenvalue weighted by Crippen LogP contribution is -2.38. The average Bonchev–Trinajstić information content (AvgIpc) is 3.18. The van der Waals surface area contributed by atoms with Crippen LogP contribution < -0.4 is 0 Å². The van der Waals surface area contributed by atoms with E-state index in [9.17, 15) is 5.11 Å². The van der Waals surface area contributed by atoms with Gasteiger partial charge in [-0.2, -0.15) is 0 Å². The van der Waals surface area contributed by atoms with Crippen molar-refractivity contribution in [2.24, 2.45) is 0 Å². The Hall–Kier alpha value is -1.60. The van der Waals surface area contributed by atoms with Crippen LogP contribution in [0.1, 0.15) is 32.1 Å². The molecule has 176 valence electrons. The van der Waals surface area contributed by atoms with E-state index in [1.165, 1.54) is 0 Å². The highest BCUT2D eigenvalue weighted by atomic mass is 16.3. The molecule has 4 N–H and O–H groups in total. The SMILES string of the molecule is C#CCN1CCC(O)C1.C#CCN1CCC(O)CC1.C#CCN1CCCC(O)C1.CO. The van der Waals surface area contributed by atoms with Crippen LogP contribution >= 0.6 is 0 Å². The first-order valence-corrected chi connectivity index (χ1v) is 10.9. The second kappa shape index (κ2) is 19.1. The van der Waals surface area contributed by atoms with E-state index in [4.69, 9.17) is 34.6 Å². The van der Waals surface area contributed by atoms with Gasteiger partial charge in [-0.1, -0.05) is 17.8 Å². The summed E-state index contributed by atoms with van der Waals surface area (Å²) in [6.45, 7) is 7.48. The molecule has 0 aromatic rings. The summed E-state index contributed by atoms with van der Waals surface area (Å²) in [4.78, 5) is 6.37. The van der Waals surface area contributed by atoms with Gasteiger partial charge in [0, 0.05) is 39.8 Å². The van der Waals surface area contributed by atoms with Crippen LogP contribution in [0.4, 0.5) is 0 Å². The third kappa shape index (κ3) is 14.9. The van der Waals surface area contributed by atoms with E-state index in [1.807, 2.05) is 0 Å². The van der Waals surface area contributed by atoms with Gasteiger partial charge in [-0.15, -0.1) is 19.3 Å². The summed E-state index contributed by atoms with van der Waals surface area (Å²) in [5.41, 5.74) is 0. The number of rotatable bonds is 3. The molecule has 3 heterocycles. The van der Waals surface area contributed by atoms with Gasteiger partial charge in [0.25, 0.3) is 0 Å². The summed E-state index contributed by atoms with van der Waals surface area (Å²) < 4.78 is 0. The fourth-order valence-corrected chi connectivity index (χ4v) is 3.60. The zero-order valence-corrected chi connectivity index (χ0v) is 19.0. The molecule has 7 nitrogen and oxygen atoms in total. The smallest absolute Gasteiger partial charge is 0.0679 e. The number of hydrogen-bond acceptors (Lipinski definition) is 7. The number of likely N-dealkylation sites (tertiary alicyclic amines) is 3. The second-order valence-corrected chi connectivity index (χ2v) is 7.83. The molecule has 2 unspecified atom stereocenters. The van der Waals surface area contributed by atoms with Crippen LogP contribution in [0.2, 0.25) is 0 Å². The minimum atomic E-state index is -0.151. The third-order valence-electron chi connectivity index (χ3n) is 5.23. The van der Waals surface area contributed by atoms with Gasteiger partial charge >= 0.3 is 0 Å². The van der Waals surface area contributed by atoms with Gasteiger partial charge in [-0.3, -0.25) is 14.7 Å². The topological polar surface area (TPSA) is 90.6 Å². The number of aliphatic hydroxyl groups is 4. The van der Waals surface area contributed by atoms with Crippen molar-refractivity contribution in [1.29, 1.82) is 0 Å². The van der Waals surface area contributed by atoms with Crippen molar-refractivity contribution < 1.29 is 20.4 Å². The quantitative estimate of drug-likeness (QED) is 0.442. The summed E-state index contributed by atoms with van der Waals surface area (Å²) in [6, 6.07) is 0. The first kappa shape index (κ1) is 29.4. The minimum absolute atomic E-state index is 0.0889. The molecule has 0 bridgehead atoms. The Labute approximate surface area is 189 Å². The van der Waals surface area contributed by atoms with E-state index in [0.717, 1.165) is 85.0 Å². The van der Waals surface area contributed by atoms with Gasteiger partial charge in [0.2, 0.25) is 0 Å². The van der Waals surface area contributed by atoms with Crippen LogP contribution in [-0.2, 0) is 0 Å². The van der Waals surface area contributed by atoms with Crippen molar-refractivity contribution >= 4 is 0 Å². The molecule has 3 aliphatic rings. The molecule has 0 aromatic carbocycles. The van der Waals surface area contributed by atoms with Crippen LogP contribution in [0.3, 0.4) is 0 Å². The largest absolute Gasteiger partial charge is 0.400 e. The van der Waals surface area contributed by atoms with E-state index < -0.39 is 0 Å². The van der Waals surface area contributed by atoms with Crippen LogP contribution in [0.25, 0.3) is 0 Å². The lowest BCUT2D eigenvalue weighted by atomic mass is 10.1. The zero-order valence-electron chi connectivity index (χ0n) is 19.0. The van der Waals surface area contributed by atoms with Gasteiger partial charge < -0.3 is 20.4 Å². The van der Waals surface area contributed by atoms with E-state index in [1.54, 1.807) is 0 Å². The summed E-state index contributed by atoms with van der Waals surface area (Å²) in [7, 11) is 1.00. The van der Waals surface area contributed by atoms with E-state index >= 15 is 0 Å².